The van der Waals surface area contributed by atoms with Gasteiger partial charge in [-0.05, 0) is 0 Å². The van der Waals surface area contributed by atoms with Crippen LogP contribution in [0, 0.1) is 10.1 Å². The Morgan fingerprint density at radius 3 is 2.95 bits per heavy atom. The molecule has 0 bridgehead atoms. The molecule has 8 heteroatoms. The summed E-state index contributed by atoms with van der Waals surface area (Å²) in [5, 5.41) is 15.4. The molecule has 0 amide bonds. The highest BCUT2D eigenvalue weighted by atomic mass is 16.6. The van der Waals surface area contributed by atoms with E-state index in [1.54, 1.807) is 18.2 Å². The molecule has 0 unspecified atom stereocenters. The molecule has 100 valence electrons. The van der Waals surface area contributed by atoms with Crippen LogP contribution in [0.15, 0.2) is 41.6 Å². The molecule has 0 radical (unpaired) electrons. The molecule has 0 aliphatic rings. The van der Waals surface area contributed by atoms with Crippen molar-refractivity contribution in [2.24, 2.45) is 0 Å². The van der Waals surface area contributed by atoms with Gasteiger partial charge in [0.25, 0.3) is 11.2 Å². The number of para-hydroxylation sites is 1. The molecule has 0 atom stereocenters. The molecule has 3 aromatic rings. The van der Waals surface area contributed by atoms with Crippen LogP contribution in [0.1, 0.15) is 5.56 Å². The first kappa shape index (κ1) is 12.0. The molecule has 0 spiro atoms. The van der Waals surface area contributed by atoms with Crippen molar-refractivity contribution >= 4 is 16.7 Å². The lowest BCUT2D eigenvalue weighted by Crippen LogP contribution is -2.08. The summed E-state index contributed by atoms with van der Waals surface area (Å²) in [6.07, 6.45) is 2.68. The van der Waals surface area contributed by atoms with Crippen LogP contribution in [-0.2, 0) is 6.54 Å². The van der Waals surface area contributed by atoms with Crippen molar-refractivity contribution in [3.8, 4) is 0 Å². The summed E-state index contributed by atoms with van der Waals surface area (Å²) in [7, 11) is 0. The van der Waals surface area contributed by atoms with Crippen LogP contribution in [0.5, 0.6) is 0 Å². The van der Waals surface area contributed by atoms with E-state index in [9.17, 15) is 14.9 Å². The van der Waals surface area contributed by atoms with Crippen molar-refractivity contribution in [3.05, 3.63) is 62.8 Å². The van der Waals surface area contributed by atoms with Gasteiger partial charge in [-0.15, -0.1) is 0 Å². The van der Waals surface area contributed by atoms with Crippen molar-refractivity contribution in [2.45, 2.75) is 6.54 Å². The third kappa shape index (κ3) is 1.92. The highest BCUT2D eigenvalue weighted by Gasteiger charge is 2.15. The van der Waals surface area contributed by atoms with Gasteiger partial charge in [0.15, 0.2) is 5.65 Å². The number of hydrogen-bond acceptors (Lipinski definition) is 5. The molecule has 20 heavy (non-hydrogen) atoms. The van der Waals surface area contributed by atoms with Crippen LogP contribution in [0.4, 0.5) is 5.69 Å². The van der Waals surface area contributed by atoms with Crippen molar-refractivity contribution < 1.29 is 4.92 Å². The number of fused-ring (bicyclic) bond motifs is 1. The van der Waals surface area contributed by atoms with E-state index in [1.807, 2.05) is 0 Å². The molecule has 1 aromatic carbocycles. The van der Waals surface area contributed by atoms with Gasteiger partial charge in [0.1, 0.15) is 5.39 Å². The monoisotopic (exact) mass is 271 g/mol. The van der Waals surface area contributed by atoms with Gasteiger partial charge < -0.3 is 4.98 Å². The fourth-order valence-corrected chi connectivity index (χ4v) is 2.00. The fourth-order valence-electron chi connectivity index (χ4n) is 2.00. The molecule has 0 fully saturated rings. The minimum absolute atomic E-state index is 0.0148. The summed E-state index contributed by atoms with van der Waals surface area (Å²) in [5.74, 6) is 0. The number of nitrogens with one attached hydrogen (secondary N) is 1. The second kappa shape index (κ2) is 4.57. The number of benzene rings is 1. The number of nitro groups is 1. The lowest BCUT2D eigenvalue weighted by molar-refractivity contribution is -0.385. The maximum atomic E-state index is 11.6. The minimum atomic E-state index is -0.443. The van der Waals surface area contributed by atoms with E-state index in [4.69, 9.17) is 0 Å². The van der Waals surface area contributed by atoms with Crippen molar-refractivity contribution in [1.29, 1.82) is 0 Å². The number of aromatic nitrogens is 4. The van der Waals surface area contributed by atoms with Crippen molar-refractivity contribution in [1.82, 2.24) is 19.7 Å². The summed E-state index contributed by atoms with van der Waals surface area (Å²) >= 11 is 0. The first-order valence-electron chi connectivity index (χ1n) is 5.78. The highest BCUT2D eigenvalue weighted by Crippen LogP contribution is 2.19. The van der Waals surface area contributed by atoms with E-state index in [0.29, 0.717) is 16.6 Å². The van der Waals surface area contributed by atoms with Crippen LogP contribution in [0.3, 0.4) is 0 Å². The number of nitro benzene ring substituents is 1. The Morgan fingerprint density at radius 1 is 1.35 bits per heavy atom. The van der Waals surface area contributed by atoms with E-state index in [2.05, 4.69) is 15.1 Å². The maximum absolute atomic E-state index is 11.6. The second-order valence-electron chi connectivity index (χ2n) is 4.16. The first-order chi connectivity index (χ1) is 9.66. The molecule has 0 saturated heterocycles. The van der Waals surface area contributed by atoms with Gasteiger partial charge in [-0.2, -0.15) is 5.10 Å². The van der Waals surface area contributed by atoms with Gasteiger partial charge in [-0.1, -0.05) is 18.2 Å². The Hall–Kier alpha value is -3.03. The average Bonchev–Trinajstić information content (AvgIpc) is 2.84. The molecule has 0 aliphatic heterocycles. The summed E-state index contributed by atoms with van der Waals surface area (Å²) in [4.78, 5) is 28.6. The van der Waals surface area contributed by atoms with Gasteiger partial charge in [0.05, 0.1) is 29.6 Å². The molecule has 1 N–H and O–H groups in total. The fraction of sp³-hybridized carbons (Fsp3) is 0.0833. The zero-order valence-electron chi connectivity index (χ0n) is 10.2. The summed E-state index contributed by atoms with van der Waals surface area (Å²) in [5.41, 5.74) is 0.626. The van der Waals surface area contributed by atoms with E-state index < -0.39 is 4.92 Å². The Bertz CT molecular complexity index is 851. The van der Waals surface area contributed by atoms with E-state index in [-0.39, 0.29) is 17.8 Å². The van der Waals surface area contributed by atoms with E-state index in [0.717, 1.165) is 0 Å². The Balaban J connectivity index is 2.09. The standard InChI is InChI=1S/C12H9N5O3/c18-12-9-5-15-16(11(9)13-7-14-12)6-8-3-1-2-4-10(8)17(19)20/h1-5,7H,6H2,(H,13,14,18). The summed E-state index contributed by atoms with van der Waals surface area (Å²) in [6, 6.07) is 6.40. The average molecular weight is 271 g/mol. The third-order valence-corrected chi connectivity index (χ3v) is 2.95. The van der Waals surface area contributed by atoms with Crippen LogP contribution in [-0.4, -0.2) is 24.7 Å². The molecule has 2 aromatic heterocycles. The zero-order chi connectivity index (χ0) is 14.1. The lowest BCUT2D eigenvalue weighted by atomic mass is 10.2. The summed E-state index contributed by atoms with van der Waals surface area (Å²) < 4.78 is 1.47. The van der Waals surface area contributed by atoms with Crippen LogP contribution < -0.4 is 5.56 Å². The molecule has 8 nitrogen and oxygen atoms in total. The SMILES string of the molecule is O=c1[nH]cnc2c1cnn2Cc1ccccc1[N+](=O)[O-]. The number of nitrogens with zero attached hydrogens (tertiary/aromatic N) is 4. The smallest absolute Gasteiger partial charge is 0.274 e. The van der Waals surface area contributed by atoms with Gasteiger partial charge in [0, 0.05) is 6.07 Å². The van der Waals surface area contributed by atoms with Crippen LogP contribution >= 0.6 is 0 Å². The number of H-pyrrole nitrogens is 1. The largest absolute Gasteiger partial charge is 0.312 e. The quantitative estimate of drug-likeness (QED) is 0.566. The molecular weight excluding hydrogens is 262 g/mol. The van der Waals surface area contributed by atoms with Gasteiger partial charge in [0.2, 0.25) is 0 Å². The lowest BCUT2D eigenvalue weighted by Gasteiger charge is -2.03. The van der Waals surface area contributed by atoms with Crippen LogP contribution in [0.2, 0.25) is 0 Å². The molecule has 3 rings (SSSR count). The second-order valence-corrected chi connectivity index (χ2v) is 4.16. The topological polar surface area (TPSA) is 107 Å². The summed E-state index contributed by atoms with van der Waals surface area (Å²) in [6.45, 7) is 0.178. The molecule has 0 aliphatic carbocycles. The molecule has 0 saturated carbocycles. The maximum Gasteiger partial charge on any atom is 0.274 e. The van der Waals surface area contributed by atoms with E-state index >= 15 is 0 Å². The number of aromatic amines is 1. The number of hydrogen-bond donors (Lipinski definition) is 1. The first-order valence-corrected chi connectivity index (χ1v) is 5.78. The minimum Gasteiger partial charge on any atom is -0.312 e. The van der Waals surface area contributed by atoms with Crippen LogP contribution in [0.25, 0.3) is 11.0 Å². The normalized spacial score (nSPS) is 10.8. The molecule has 2 heterocycles. The van der Waals surface area contributed by atoms with Gasteiger partial charge >= 0.3 is 0 Å². The van der Waals surface area contributed by atoms with Crippen molar-refractivity contribution in [3.63, 3.8) is 0 Å². The van der Waals surface area contributed by atoms with Gasteiger partial charge in [-0.25, -0.2) is 9.67 Å². The van der Waals surface area contributed by atoms with Gasteiger partial charge in [-0.3, -0.25) is 14.9 Å². The predicted molar refractivity (Wildman–Crippen MR) is 70.3 cm³/mol. The Labute approximate surface area is 111 Å². The predicted octanol–water partition coefficient (Wildman–Crippen LogP) is 1.08. The Kier molecular flexibility index (Phi) is 2.75. The zero-order valence-corrected chi connectivity index (χ0v) is 10.2. The molecular formula is C12H9N5O3. The Morgan fingerprint density at radius 2 is 2.15 bits per heavy atom. The highest BCUT2D eigenvalue weighted by molar-refractivity contribution is 5.72. The van der Waals surface area contributed by atoms with E-state index in [1.165, 1.54) is 23.3 Å². The third-order valence-electron chi connectivity index (χ3n) is 2.95. The number of rotatable bonds is 3. The van der Waals surface area contributed by atoms with Crippen molar-refractivity contribution in [2.75, 3.05) is 0 Å².